The topological polar surface area (TPSA) is 150 Å². The Kier molecular flexibility index (Phi) is 9.79. The Morgan fingerprint density at radius 1 is 1.02 bits per heavy atom. The molecule has 0 saturated carbocycles. The van der Waals surface area contributed by atoms with Gasteiger partial charge in [-0.25, -0.2) is 9.78 Å². The molecule has 48 heavy (non-hydrogen) atoms. The highest BCUT2D eigenvalue weighted by Crippen LogP contribution is 2.34. The largest absolute Gasteiger partial charge is 0.490 e. The molecule has 0 fully saturated rings. The molecule has 12 nitrogen and oxygen atoms in total. The van der Waals surface area contributed by atoms with Crippen LogP contribution in [-0.4, -0.2) is 57.3 Å². The van der Waals surface area contributed by atoms with Crippen molar-refractivity contribution in [2.75, 3.05) is 5.32 Å². The lowest BCUT2D eigenvalue weighted by Crippen LogP contribution is -2.27. The molecule has 1 aromatic carbocycles. The highest BCUT2D eigenvalue weighted by molar-refractivity contribution is 6.31. The van der Waals surface area contributed by atoms with Crippen molar-refractivity contribution in [3.63, 3.8) is 0 Å². The quantitative estimate of drug-likeness (QED) is 0.245. The predicted octanol–water partition coefficient (Wildman–Crippen LogP) is 5.74. The molecular weight excluding hydrogens is 653 g/mol. The number of aryl methyl sites for hydroxylation is 2. The summed E-state index contributed by atoms with van der Waals surface area (Å²) < 4.78 is 36.8. The van der Waals surface area contributed by atoms with E-state index in [4.69, 9.17) is 26.5 Å². The molecule has 5 aromatic rings. The molecule has 0 radical (unpaired) electrons. The van der Waals surface area contributed by atoms with E-state index in [1.54, 1.807) is 44.8 Å². The number of aromatic nitrogens is 7. The van der Waals surface area contributed by atoms with E-state index >= 15 is 0 Å². The van der Waals surface area contributed by atoms with Gasteiger partial charge in [0.25, 0.3) is 5.56 Å². The number of carbonyl (C=O) groups is 2. The summed E-state index contributed by atoms with van der Waals surface area (Å²) in [5.41, 5.74) is 5.62. The van der Waals surface area contributed by atoms with Crippen molar-refractivity contribution >= 4 is 29.2 Å². The highest BCUT2D eigenvalue weighted by atomic mass is 35.5. The van der Waals surface area contributed by atoms with Crippen LogP contribution in [0.2, 0.25) is 5.02 Å². The maximum Gasteiger partial charge on any atom is 0.490 e. The molecule has 0 unspecified atom stereocenters. The molecule has 0 saturated heterocycles. The monoisotopic (exact) mass is 682 g/mol. The number of alkyl halides is 3. The molecule has 0 spiro atoms. The number of hydrogen-bond donors (Lipinski definition) is 2. The van der Waals surface area contributed by atoms with Crippen molar-refractivity contribution in [3.05, 3.63) is 88.5 Å². The zero-order valence-electron chi connectivity index (χ0n) is 25.9. The maximum absolute atomic E-state index is 13.7. The Labute approximate surface area is 276 Å². The molecule has 4 aromatic heterocycles. The minimum atomic E-state index is -5.08. The van der Waals surface area contributed by atoms with Gasteiger partial charge in [-0.3, -0.25) is 28.5 Å². The van der Waals surface area contributed by atoms with Gasteiger partial charge in [0, 0.05) is 60.2 Å². The van der Waals surface area contributed by atoms with Crippen LogP contribution in [0.25, 0.3) is 33.8 Å². The lowest BCUT2D eigenvalue weighted by Gasteiger charge is -2.22. The zero-order valence-corrected chi connectivity index (χ0v) is 26.7. The van der Waals surface area contributed by atoms with E-state index in [0.29, 0.717) is 29.2 Å². The SMILES string of the molecule is C[C@@H]1CCC[C@H](n2cnc(-c3cc(Cl)ccc3-c3ccn(C)n3)cc2=O)c2cc(ccn2)-c2c(cnn2C)NC1=O.O=C(O)C(F)(F)F. The second-order valence-electron chi connectivity index (χ2n) is 11.2. The fraction of sp³-hybridized carbons (Fsp3) is 0.281. The third kappa shape index (κ3) is 7.46. The number of pyridine rings is 1. The van der Waals surface area contributed by atoms with Crippen molar-refractivity contribution in [3.8, 4) is 33.8 Å². The molecular formula is C32H30ClF3N8O4. The molecule has 0 aliphatic carbocycles. The summed E-state index contributed by atoms with van der Waals surface area (Å²) in [5, 5.41) is 19.6. The average Bonchev–Trinajstić information content (AvgIpc) is 3.63. The smallest absolute Gasteiger partial charge is 0.475 e. The molecule has 2 bridgehead atoms. The summed E-state index contributed by atoms with van der Waals surface area (Å²) in [6.07, 6.45) is 3.74. The Hall–Kier alpha value is -5.31. The minimum absolute atomic E-state index is 0.0564. The second kappa shape index (κ2) is 13.8. The van der Waals surface area contributed by atoms with Crippen molar-refractivity contribution in [2.24, 2.45) is 20.0 Å². The second-order valence-corrected chi connectivity index (χ2v) is 11.7. The van der Waals surface area contributed by atoms with Crippen molar-refractivity contribution in [1.29, 1.82) is 0 Å². The summed E-state index contributed by atoms with van der Waals surface area (Å²) in [7, 11) is 3.69. The standard InChI is InChI=1S/C30H29ClN8O2.C2HF3O2/c1-18-5-4-6-27(25-13-19(9-11-32-25)29-26(35-30(18)41)16-34-38(29)3)39-17-33-24(15-28(39)40)22-14-20(31)7-8-21(22)23-10-12-37(2)36-23;3-2(4,5)1(6)7/h7-18,27H,4-6H2,1-3H3,(H,35,41);(H,6,7)/t18-,27+;/m1./s1. The van der Waals surface area contributed by atoms with Crippen LogP contribution in [0.1, 0.15) is 37.9 Å². The van der Waals surface area contributed by atoms with Crippen molar-refractivity contribution < 1.29 is 27.9 Å². The number of carboxylic acid groups (broad SMARTS) is 1. The van der Waals surface area contributed by atoms with E-state index in [1.165, 1.54) is 6.07 Å². The highest BCUT2D eigenvalue weighted by Gasteiger charge is 2.38. The fourth-order valence-corrected chi connectivity index (χ4v) is 5.56. The molecule has 2 N–H and O–H groups in total. The summed E-state index contributed by atoms with van der Waals surface area (Å²) in [6, 6.07) is 12.4. The Morgan fingerprint density at radius 2 is 1.77 bits per heavy atom. The molecule has 1 aliphatic rings. The molecule has 16 heteroatoms. The first kappa shape index (κ1) is 34.0. The maximum atomic E-state index is 13.7. The van der Waals surface area contributed by atoms with E-state index in [2.05, 4.69) is 20.5 Å². The van der Waals surface area contributed by atoms with E-state index in [9.17, 15) is 22.8 Å². The van der Waals surface area contributed by atoms with E-state index < -0.39 is 12.1 Å². The van der Waals surface area contributed by atoms with Crippen LogP contribution in [0.3, 0.4) is 0 Å². The van der Waals surface area contributed by atoms with Gasteiger partial charge < -0.3 is 10.4 Å². The van der Waals surface area contributed by atoms with Crippen molar-refractivity contribution in [1.82, 2.24) is 34.1 Å². The molecule has 1 amide bonds. The number of amides is 1. The number of benzene rings is 1. The van der Waals surface area contributed by atoms with E-state index in [0.717, 1.165) is 40.2 Å². The van der Waals surface area contributed by atoms with Gasteiger partial charge >= 0.3 is 12.1 Å². The fourth-order valence-electron chi connectivity index (χ4n) is 5.38. The number of carboxylic acids is 1. The van der Waals surface area contributed by atoms with Gasteiger partial charge in [0.2, 0.25) is 5.91 Å². The van der Waals surface area contributed by atoms with Gasteiger partial charge in [-0.05, 0) is 43.2 Å². The van der Waals surface area contributed by atoms with Crippen LogP contribution in [-0.2, 0) is 23.7 Å². The average molecular weight is 683 g/mol. The van der Waals surface area contributed by atoms with Gasteiger partial charge in [0.05, 0.1) is 47.0 Å². The van der Waals surface area contributed by atoms with Crippen molar-refractivity contribution in [2.45, 2.75) is 38.4 Å². The molecule has 1 aliphatic heterocycles. The first-order chi connectivity index (χ1) is 22.7. The number of anilines is 1. The van der Waals surface area contributed by atoms with Crippen LogP contribution < -0.4 is 10.9 Å². The van der Waals surface area contributed by atoms with Gasteiger partial charge in [0.15, 0.2) is 0 Å². The van der Waals surface area contributed by atoms with Gasteiger partial charge in [0.1, 0.15) is 0 Å². The first-order valence-corrected chi connectivity index (χ1v) is 15.1. The first-order valence-electron chi connectivity index (χ1n) is 14.7. The number of nitrogens with one attached hydrogen (secondary N) is 1. The summed E-state index contributed by atoms with van der Waals surface area (Å²) in [6.45, 7) is 1.91. The molecule has 6 rings (SSSR count). The lowest BCUT2D eigenvalue weighted by molar-refractivity contribution is -0.192. The number of aliphatic carboxylic acids is 1. The lowest BCUT2D eigenvalue weighted by atomic mass is 9.97. The Bertz CT molecular complexity index is 2040. The molecule has 250 valence electrons. The van der Waals surface area contributed by atoms with Gasteiger partial charge in [-0.1, -0.05) is 31.0 Å². The van der Waals surface area contributed by atoms with Crippen LogP contribution in [0.4, 0.5) is 18.9 Å². The van der Waals surface area contributed by atoms with Gasteiger partial charge in [-0.15, -0.1) is 0 Å². The third-order valence-corrected chi connectivity index (χ3v) is 8.05. The molecule has 5 heterocycles. The summed E-state index contributed by atoms with van der Waals surface area (Å²) in [5.74, 6) is -3.02. The predicted molar refractivity (Wildman–Crippen MR) is 171 cm³/mol. The normalized spacial score (nSPS) is 16.4. The number of carbonyl (C=O) groups excluding carboxylic acids is 1. The summed E-state index contributed by atoms with van der Waals surface area (Å²) >= 11 is 6.36. The molecule has 2 atom stereocenters. The Morgan fingerprint density at radius 3 is 2.44 bits per heavy atom. The number of rotatable bonds is 3. The van der Waals surface area contributed by atoms with Crippen LogP contribution >= 0.6 is 11.6 Å². The van der Waals surface area contributed by atoms with Crippen LogP contribution in [0, 0.1) is 5.92 Å². The van der Waals surface area contributed by atoms with Crippen LogP contribution in [0.5, 0.6) is 0 Å². The van der Waals surface area contributed by atoms with Gasteiger partial charge in [-0.2, -0.15) is 23.4 Å². The number of halogens is 4. The van der Waals surface area contributed by atoms with E-state index in [1.807, 2.05) is 51.5 Å². The van der Waals surface area contributed by atoms with E-state index in [-0.39, 0.29) is 23.4 Å². The Balaban J connectivity index is 0.000000582. The zero-order chi connectivity index (χ0) is 34.7. The number of hydrogen-bond acceptors (Lipinski definition) is 7. The third-order valence-electron chi connectivity index (χ3n) is 7.82. The number of fused-ring (bicyclic) bond motifs is 4. The minimum Gasteiger partial charge on any atom is -0.475 e. The summed E-state index contributed by atoms with van der Waals surface area (Å²) in [4.78, 5) is 44.9. The number of nitrogens with zero attached hydrogens (tertiary/aromatic N) is 7. The van der Waals surface area contributed by atoms with Crippen LogP contribution in [0.15, 0.2) is 72.2 Å².